The van der Waals surface area contributed by atoms with E-state index in [0.717, 1.165) is 5.56 Å². The first-order valence-corrected chi connectivity index (χ1v) is 8.45. The molecule has 0 fully saturated rings. The summed E-state index contributed by atoms with van der Waals surface area (Å²) < 4.78 is 30.5. The monoisotopic (exact) mass is 377 g/mol. The van der Waals surface area contributed by atoms with Crippen LogP contribution in [0.3, 0.4) is 0 Å². The van der Waals surface area contributed by atoms with Gasteiger partial charge >= 0.3 is 6.61 Å². The minimum atomic E-state index is -2.86. The van der Waals surface area contributed by atoms with Crippen LogP contribution in [-0.4, -0.2) is 26.4 Å². The van der Waals surface area contributed by atoms with Gasteiger partial charge in [0, 0.05) is 0 Å². The first-order valence-electron chi connectivity index (χ1n) is 8.45. The molecule has 2 aromatic heterocycles. The number of halogens is 2. The number of nitrogens with one attached hydrogen (secondary N) is 2. The lowest BCUT2D eigenvalue weighted by molar-refractivity contribution is -0.0498. The predicted octanol–water partition coefficient (Wildman–Crippen LogP) is 3.65. The fraction of sp³-hybridized carbons (Fsp3) is 0.389. The van der Waals surface area contributed by atoms with E-state index >= 15 is 0 Å². The van der Waals surface area contributed by atoms with E-state index in [0.29, 0.717) is 17.0 Å². The number of rotatable bonds is 5. The third-order valence-electron chi connectivity index (χ3n) is 4.03. The number of nitrogens with zero attached hydrogens (tertiary/aromatic N) is 3. The van der Waals surface area contributed by atoms with E-state index < -0.39 is 6.61 Å². The van der Waals surface area contributed by atoms with E-state index in [1.807, 2.05) is 27.7 Å². The molecule has 1 aromatic carbocycles. The Morgan fingerprint density at radius 1 is 1.22 bits per heavy atom. The molecule has 0 saturated carbocycles. The van der Waals surface area contributed by atoms with Gasteiger partial charge in [-0.2, -0.15) is 18.9 Å². The molecule has 9 heteroatoms. The lowest BCUT2D eigenvalue weighted by Gasteiger charge is -2.20. The largest absolute Gasteiger partial charge is 0.435 e. The third-order valence-corrected chi connectivity index (χ3v) is 4.03. The molecule has 3 rings (SSSR count). The van der Waals surface area contributed by atoms with Crippen molar-refractivity contribution < 1.29 is 13.5 Å². The second-order valence-corrected chi connectivity index (χ2v) is 7.19. The van der Waals surface area contributed by atoms with E-state index in [1.165, 1.54) is 18.3 Å². The second-order valence-electron chi connectivity index (χ2n) is 7.19. The zero-order valence-electron chi connectivity index (χ0n) is 15.5. The van der Waals surface area contributed by atoms with Gasteiger partial charge in [0.1, 0.15) is 11.1 Å². The summed E-state index contributed by atoms with van der Waals surface area (Å²) in [6, 6.07) is 6.05. The lowest BCUT2D eigenvalue weighted by Crippen LogP contribution is -2.24. The second kappa shape index (κ2) is 6.98. The molecule has 0 aliphatic heterocycles. The van der Waals surface area contributed by atoms with Crippen LogP contribution in [0.25, 0.3) is 11.0 Å². The molecule has 7 nitrogen and oxygen atoms in total. The van der Waals surface area contributed by atoms with Crippen molar-refractivity contribution in [2.45, 2.75) is 45.9 Å². The van der Waals surface area contributed by atoms with Crippen molar-refractivity contribution in [3.8, 4) is 5.75 Å². The molecule has 2 N–H and O–H groups in total. The van der Waals surface area contributed by atoms with E-state index in [4.69, 9.17) is 0 Å². The maximum atomic E-state index is 12.3. The Hall–Kier alpha value is -2.97. The Balaban J connectivity index is 1.86. The number of ether oxygens (including phenoxy) is 1. The number of fused-ring (bicyclic) bond motifs is 1. The molecule has 0 radical (unpaired) electrons. The van der Waals surface area contributed by atoms with Gasteiger partial charge < -0.3 is 10.1 Å². The summed E-state index contributed by atoms with van der Waals surface area (Å²) in [5.74, 6) is 0.391. The first kappa shape index (κ1) is 18.8. The lowest BCUT2D eigenvalue weighted by atomic mass is 10.1. The highest BCUT2D eigenvalue weighted by atomic mass is 19.3. The van der Waals surface area contributed by atoms with Gasteiger partial charge in [0.25, 0.3) is 5.56 Å². The zero-order valence-corrected chi connectivity index (χ0v) is 15.5. The summed E-state index contributed by atoms with van der Waals surface area (Å²) in [6.45, 7) is 4.93. The van der Waals surface area contributed by atoms with Crippen LogP contribution in [0.2, 0.25) is 0 Å². The summed E-state index contributed by atoms with van der Waals surface area (Å²) in [5.41, 5.74) is 0.697. The minimum Gasteiger partial charge on any atom is -0.435 e. The number of H-pyrrole nitrogens is 1. The molecule has 0 aliphatic rings. The van der Waals surface area contributed by atoms with Gasteiger partial charge in [-0.05, 0) is 45.4 Å². The number of anilines is 1. The van der Waals surface area contributed by atoms with Crippen LogP contribution >= 0.6 is 0 Å². The van der Waals surface area contributed by atoms with Crippen molar-refractivity contribution in [2.75, 3.05) is 5.32 Å². The normalized spacial score (nSPS) is 13.1. The Morgan fingerprint density at radius 2 is 1.89 bits per heavy atom. The van der Waals surface area contributed by atoms with Gasteiger partial charge in [-0.3, -0.25) is 9.78 Å². The van der Waals surface area contributed by atoms with Crippen molar-refractivity contribution in [3.05, 3.63) is 46.4 Å². The van der Waals surface area contributed by atoms with Crippen molar-refractivity contribution in [1.82, 2.24) is 19.7 Å². The molecule has 1 atom stereocenters. The van der Waals surface area contributed by atoms with Gasteiger partial charge in [-0.25, -0.2) is 4.68 Å². The van der Waals surface area contributed by atoms with Crippen LogP contribution in [-0.2, 0) is 5.54 Å². The molecule has 1 unspecified atom stereocenters. The van der Waals surface area contributed by atoms with E-state index in [9.17, 15) is 13.6 Å². The molecule has 2 heterocycles. The van der Waals surface area contributed by atoms with Crippen LogP contribution in [0, 0.1) is 0 Å². The summed E-state index contributed by atoms with van der Waals surface area (Å²) >= 11 is 0. The van der Waals surface area contributed by atoms with Crippen LogP contribution in [0.4, 0.5) is 14.7 Å². The van der Waals surface area contributed by atoms with Gasteiger partial charge in [0.05, 0.1) is 17.8 Å². The van der Waals surface area contributed by atoms with E-state index in [2.05, 4.69) is 25.1 Å². The number of alkyl halides is 2. The Labute approximate surface area is 154 Å². The molecule has 27 heavy (non-hydrogen) atoms. The minimum absolute atomic E-state index is 0.0861. The van der Waals surface area contributed by atoms with Crippen molar-refractivity contribution >= 4 is 17.0 Å². The van der Waals surface area contributed by atoms with Gasteiger partial charge in [0.15, 0.2) is 5.65 Å². The van der Waals surface area contributed by atoms with Crippen molar-refractivity contribution in [1.29, 1.82) is 0 Å². The molecule has 144 valence electrons. The van der Waals surface area contributed by atoms with Gasteiger partial charge in [0.2, 0.25) is 5.95 Å². The Bertz CT molecular complexity index is 990. The number of benzene rings is 1. The van der Waals surface area contributed by atoms with Crippen LogP contribution in [0.5, 0.6) is 5.75 Å². The average molecular weight is 377 g/mol. The van der Waals surface area contributed by atoms with E-state index in [-0.39, 0.29) is 22.9 Å². The summed E-state index contributed by atoms with van der Waals surface area (Å²) in [6.07, 6.45) is 1.50. The van der Waals surface area contributed by atoms with Crippen LogP contribution in [0.1, 0.15) is 39.3 Å². The van der Waals surface area contributed by atoms with Gasteiger partial charge in [-0.15, -0.1) is 0 Å². The zero-order chi connectivity index (χ0) is 19.8. The highest BCUT2D eigenvalue weighted by molar-refractivity contribution is 5.74. The SMILES string of the molecule is CC(Nc1nc2c(cnn2C(C)(C)C)c(=O)[nH]1)c1ccc(OC(F)F)cc1. The maximum absolute atomic E-state index is 12.3. The fourth-order valence-corrected chi connectivity index (χ4v) is 2.70. The highest BCUT2D eigenvalue weighted by Crippen LogP contribution is 2.23. The Kier molecular flexibility index (Phi) is 4.86. The smallest absolute Gasteiger partial charge is 0.387 e. The molecule has 0 bridgehead atoms. The molecule has 0 aliphatic carbocycles. The standard InChI is InChI=1S/C18H21F2N5O2/c1-10(11-5-7-12(8-6-11)27-16(19)20)22-17-23-14-13(15(26)24-17)9-21-25(14)18(2,3)4/h5-10,16H,1-4H3,(H2,22,23,24,26). The van der Waals surface area contributed by atoms with Crippen molar-refractivity contribution in [3.63, 3.8) is 0 Å². The summed E-state index contributed by atoms with van der Waals surface area (Å²) in [7, 11) is 0. The number of aromatic nitrogens is 4. The van der Waals surface area contributed by atoms with Crippen LogP contribution in [0.15, 0.2) is 35.3 Å². The Morgan fingerprint density at radius 3 is 2.48 bits per heavy atom. The molecular formula is C18H21F2N5O2. The number of hydrogen-bond acceptors (Lipinski definition) is 5. The van der Waals surface area contributed by atoms with Crippen LogP contribution < -0.4 is 15.6 Å². The molecular weight excluding hydrogens is 356 g/mol. The summed E-state index contributed by atoms with van der Waals surface area (Å²) in [4.78, 5) is 19.5. The van der Waals surface area contributed by atoms with Gasteiger partial charge in [-0.1, -0.05) is 12.1 Å². The fourth-order valence-electron chi connectivity index (χ4n) is 2.70. The first-order chi connectivity index (χ1) is 12.6. The number of hydrogen-bond donors (Lipinski definition) is 2. The molecule has 0 saturated heterocycles. The predicted molar refractivity (Wildman–Crippen MR) is 98.3 cm³/mol. The average Bonchev–Trinajstić information content (AvgIpc) is 2.99. The quantitative estimate of drug-likeness (QED) is 0.709. The highest BCUT2D eigenvalue weighted by Gasteiger charge is 2.20. The maximum Gasteiger partial charge on any atom is 0.387 e. The van der Waals surface area contributed by atoms with Crippen molar-refractivity contribution in [2.24, 2.45) is 0 Å². The third kappa shape index (κ3) is 4.07. The molecule has 3 aromatic rings. The summed E-state index contributed by atoms with van der Waals surface area (Å²) in [5, 5.41) is 7.81. The number of aromatic amines is 1. The topological polar surface area (TPSA) is 84.8 Å². The molecule has 0 amide bonds. The van der Waals surface area contributed by atoms with E-state index in [1.54, 1.807) is 16.8 Å². The molecule has 0 spiro atoms.